The number of fused-ring (bicyclic) bond motifs is 1. The lowest BCUT2D eigenvalue weighted by atomic mass is 10.1. The van der Waals surface area contributed by atoms with E-state index in [1.54, 1.807) is 17.9 Å². The molecule has 0 saturated carbocycles. The Hall–Kier alpha value is -1.10. The van der Waals surface area contributed by atoms with E-state index < -0.39 is 11.9 Å². The SMILES string of the molecule is CC1Oc2c(F)cc(Br)cc2N(C(C)C)C1=O. The molecule has 17 heavy (non-hydrogen) atoms. The van der Waals surface area contributed by atoms with Gasteiger partial charge in [-0.2, -0.15) is 0 Å². The number of benzene rings is 1. The molecule has 1 aliphatic rings. The molecule has 1 heterocycles. The van der Waals surface area contributed by atoms with Gasteiger partial charge in [0.25, 0.3) is 5.91 Å². The lowest BCUT2D eigenvalue weighted by molar-refractivity contribution is -0.126. The van der Waals surface area contributed by atoms with Gasteiger partial charge in [0.2, 0.25) is 0 Å². The van der Waals surface area contributed by atoms with E-state index in [9.17, 15) is 9.18 Å². The van der Waals surface area contributed by atoms with Crippen LogP contribution < -0.4 is 9.64 Å². The summed E-state index contributed by atoms with van der Waals surface area (Å²) in [5.41, 5.74) is 0.481. The van der Waals surface area contributed by atoms with E-state index in [2.05, 4.69) is 15.9 Å². The van der Waals surface area contributed by atoms with Gasteiger partial charge in [-0.25, -0.2) is 4.39 Å². The molecule has 1 unspecified atom stereocenters. The number of hydrogen-bond acceptors (Lipinski definition) is 2. The van der Waals surface area contributed by atoms with Gasteiger partial charge in [-0.1, -0.05) is 15.9 Å². The molecular weight excluding hydrogens is 289 g/mol. The molecule has 1 aliphatic heterocycles. The summed E-state index contributed by atoms with van der Waals surface area (Å²) in [4.78, 5) is 13.6. The van der Waals surface area contributed by atoms with Crippen LogP contribution in [-0.4, -0.2) is 18.1 Å². The fraction of sp³-hybridized carbons (Fsp3) is 0.417. The Bertz CT molecular complexity index is 476. The minimum atomic E-state index is -0.652. The van der Waals surface area contributed by atoms with Gasteiger partial charge in [-0.15, -0.1) is 0 Å². The van der Waals surface area contributed by atoms with E-state index in [-0.39, 0.29) is 17.7 Å². The van der Waals surface area contributed by atoms with E-state index in [0.717, 1.165) is 0 Å². The summed E-state index contributed by atoms with van der Waals surface area (Å²) >= 11 is 3.22. The first-order valence-electron chi connectivity index (χ1n) is 5.40. The molecule has 2 rings (SSSR count). The molecule has 0 bridgehead atoms. The highest BCUT2D eigenvalue weighted by molar-refractivity contribution is 9.10. The highest BCUT2D eigenvalue weighted by Gasteiger charge is 2.35. The molecule has 0 aliphatic carbocycles. The fourth-order valence-corrected chi connectivity index (χ4v) is 2.33. The lowest BCUT2D eigenvalue weighted by Gasteiger charge is -2.35. The lowest BCUT2D eigenvalue weighted by Crippen LogP contribution is -2.48. The number of ether oxygens (including phenoxy) is 1. The first-order valence-corrected chi connectivity index (χ1v) is 6.20. The van der Waals surface area contributed by atoms with Crippen LogP contribution in [0.5, 0.6) is 5.75 Å². The van der Waals surface area contributed by atoms with Crippen LogP contribution >= 0.6 is 15.9 Å². The molecule has 0 radical (unpaired) electrons. The van der Waals surface area contributed by atoms with E-state index in [4.69, 9.17) is 4.74 Å². The Morgan fingerprint density at radius 2 is 2.12 bits per heavy atom. The molecule has 0 fully saturated rings. The summed E-state index contributed by atoms with van der Waals surface area (Å²) in [6.45, 7) is 5.40. The number of hydrogen-bond donors (Lipinski definition) is 0. The predicted octanol–water partition coefficient (Wildman–Crippen LogP) is 3.11. The van der Waals surface area contributed by atoms with Crippen molar-refractivity contribution in [1.82, 2.24) is 0 Å². The molecule has 5 heteroatoms. The number of nitrogens with zero attached hydrogens (tertiary/aromatic N) is 1. The van der Waals surface area contributed by atoms with Gasteiger partial charge < -0.3 is 9.64 Å². The van der Waals surface area contributed by atoms with Crippen LogP contribution in [0.1, 0.15) is 20.8 Å². The second-order valence-electron chi connectivity index (χ2n) is 4.30. The van der Waals surface area contributed by atoms with Crippen LogP contribution in [0, 0.1) is 5.82 Å². The Balaban J connectivity index is 2.62. The zero-order valence-electron chi connectivity index (χ0n) is 9.83. The minimum Gasteiger partial charge on any atom is -0.476 e. The zero-order chi connectivity index (χ0) is 12.7. The third-order valence-corrected chi connectivity index (χ3v) is 3.10. The summed E-state index contributed by atoms with van der Waals surface area (Å²) in [7, 11) is 0. The molecule has 1 aromatic rings. The van der Waals surface area contributed by atoms with Gasteiger partial charge in [-0.3, -0.25) is 4.79 Å². The fourth-order valence-electron chi connectivity index (χ4n) is 1.92. The van der Waals surface area contributed by atoms with Crippen molar-refractivity contribution in [1.29, 1.82) is 0 Å². The monoisotopic (exact) mass is 301 g/mol. The normalized spacial score (nSPS) is 19.3. The third-order valence-electron chi connectivity index (χ3n) is 2.64. The highest BCUT2D eigenvalue weighted by atomic mass is 79.9. The maximum Gasteiger partial charge on any atom is 0.268 e. The van der Waals surface area contributed by atoms with Crippen LogP contribution in [0.2, 0.25) is 0 Å². The predicted molar refractivity (Wildman–Crippen MR) is 66.8 cm³/mol. The molecular formula is C12H13BrFNO2. The quantitative estimate of drug-likeness (QED) is 0.798. The molecule has 1 atom stereocenters. The third kappa shape index (κ3) is 2.04. The van der Waals surface area contributed by atoms with Gasteiger partial charge in [0.15, 0.2) is 17.7 Å². The van der Waals surface area contributed by atoms with E-state index in [1.807, 2.05) is 13.8 Å². The van der Waals surface area contributed by atoms with Crippen LogP contribution in [0.3, 0.4) is 0 Å². The Morgan fingerprint density at radius 1 is 1.47 bits per heavy atom. The summed E-state index contributed by atoms with van der Waals surface area (Å²) in [6.07, 6.45) is -0.652. The van der Waals surface area contributed by atoms with Gasteiger partial charge in [0.1, 0.15) is 0 Å². The van der Waals surface area contributed by atoms with Gasteiger partial charge in [0.05, 0.1) is 5.69 Å². The zero-order valence-corrected chi connectivity index (χ0v) is 11.4. The van der Waals surface area contributed by atoms with Gasteiger partial charge >= 0.3 is 0 Å². The number of rotatable bonds is 1. The number of anilines is 1. The summed E-state index contributed by atoms with van der Waals surface area (Å²) < 4.78 is 19.7. The molecule has 0 aromatic heterocycles. The Labute approximate surface area is 108 Å². The molecule has 1 aromatic carbocycles. The smallest absolute Gasteiger partial charge is 0.268 e. The minimum absolute atomic E-state index is 0.0405. The molecule has 0 N–H and O–H groups in total. The first kappa shape index (κ1) is 12.4. The average molecular weight is 302 g/mol. The number of halogens is 2. The van der Waals surface area contributed by atoms with E-state index in [0.29, 0.717) is 10.2 Å². The van der Waals surface area contributed by atoms with Crippen LogP contribution in [0.4, 0.5) is 10.1 Å². The maximum atomic E-state index is 13.8. The Morgan fingerprint density at radius 3 is 2.71 bits per heavy atom. The number of amides is 1. The topological polar surface area (TPSA) is 29.5 Å². The summed E-state index contributed by atoms with van der Waals surface area (Å²) in [5.74, 6) is -0.460. The van der Waals surface area contributed by atoms with E-state index in [1.165, 1.54) is 6.07 Å². The van der Waals surface area contributed by atoms with Crippen molar-refractivity contribution in [2.24, 2.45) is 0 Å². The van der Waals surface area contributed by atoms with Crippen molar-refractivity contribution in [3.05, 3.63) is 22.4 Å². The van der Waals surface area contributed by atoms with Crippen molar-refractivity contribution in [3.63, 3.8) is 0 Å². The second kappa shape index (κ2) is 4.29. The van der Waals surface area contributed by atoms with Crippen molar-refractivity contribution in [2.75, 3.05) is 4.90 Å². The number of carbonyl (C=O) groups excluding carboxylic acids is 1. The molecule has 3 nitrogen and oxygen atoms in total. The second-order valence-corrected chi connectivity index (χ2v) is 5.21. The van der Waals surface area contributed by atoms with Crippen LogP contribution in [0.25, 0.3) is 0 Å². The highest BCUT2D eigenvalue weighted by Crippen LogP contribution is 2.39. The van der Waals surface area contributed by atoms with Crippen molar-refractivity contribution >= 4 is 27.5 Å². The average Bonchev–Trinajstić information content (AvgIpc) is 2.20. The van der Waals surface area contributed by atoms with Crippen molar-refractivity contribution in [2.45, 2.75) is 32.9 Å². The van der Waals surface area contributed by atoms with E-state index >= 15 is 0 Å². The largest absolute Gasteiger partial charge is 0.476 e. The maximum absolute atomic E-state index is 13.8. The van der Waals surface area contributed by atoms with Crippen LogP contribution in [-0.2, 0) is 4.79 Å². The van der Waals surface area contributed by atoms with Gasteiger partial charge in [-0.05, 0) is 32.9 Å². The van der Waals surface area contributed by atoms with Gasteiger partial charge in [0, 0.05) is 10.5 Å². The van der Waals surface area contributed by atoms with Crippen molar-refractivity contribution in [3.8, 4) is 5.75 Å². The first-order chi connectivity index (χ1) is 7.91. The van der Waals surface area contributed by atoms with Crippen molar-refractivity contribution < 1.29 is 13.9 Å². The molecule has 0 spiro atoms. The van der Waals surface area contributed by atoms with Crippen LogP contribution in [0.15, 0.2) is 16.6 Å². The number of carbonyl (C=O) groups is 1. The molecule has 1 amide bonds. The summed E-state index contributed by atoms with van der Waals surface area (Å²) in [5, 5.41) is 0. The standard InChI is InChI=1S/C12H13BrFNO2/c1-6(2)15-10-5-8(13)4-9(14)11(10)17-7(3)12(15)16/h4-7H,1-3H3. The summed E-state index contributed by atoms with van der Waals surface area (Å²) in [6, 6.07) is 2.99. The molecule has 0 saturated heterocycles. The Kier molecular flexibility index (Phi) is 3.12. The molecule has 92 valence electrons.